The number of hydrogen-bond donors (Lipinski definition) is 1. The second-order valence-electron chi connectivity index (χ2n) is 7.95. The van der Waals surface area contributed by atoms with Gasteiger partial charge in [0, 0.05) is 42.0 Å². The molecule has 0 unspecified atom stereocenters. The average Bonchev–Trinajstić information content (AvgIpc) is 2.76. The van der Waals surface area contributed by atoms with Crippen LogP contribution in [0.15, 0.2) is 53.7 Å². The second-order valence-corrected chi connectivity index (χ2v) is 9.97. The number of quaternary nitrogens is 1. The molecule has 0 spiro atoms. The van der Waals surface area contributed by atoms with Crippen molar-refractivity contribution in [3.05, 3.63) is 71.8 Å². The molecule has 4 rings (SSSR count). The van der Waals surface area contributed by atoms with Gasteiger partial charge in [-0.15, -0.1) is 0 Å². The molecule has 3 N–H and O–H groups in total. The van der Waals surface area contributed by atoms with Crippen LogP contribution in [-0.2, 0) is 9.84 Å². The molecule has 0 bridgehead atoms. The van der Waals surface area contributed by atoms with Crippen molar-refractivity contribution in [1.82, 2.24) is 9.97 Å². The third kappa shape index (κ3) is 4.46. The van der Waals surface area contributed by atoms with Crippen LogP contribution in [0.1, 0.15) is 17.9 Å². The molecule has 3 aromatic rings. The van der Waals surface area contributed by atoms with Gasteiger partial charge in [0.15, 0.2) is 21.5 Å². The highest BCUT2D eigenvalue weighted by atomic mass is 32.2. The minimum Gasteiger partial charge on any atom is -0.353 e. The Morgan fingerprint density at radius 3 is 2.50 bits per heavy atom. The van der Waals surface area contributed by atoms with E-state index in [1.165, 1.54) is 12.4 Å². The molecule has 0 amide bonds. The number of nitrogens with zero attached hydrogens (tertiary/aromatic N) is 3. The molecule has 2 heterocycles. The van der Waals surface area contributed by atoms with E-state index in [4.69, 9.17) is 0 Å². The van der Waals surface area contributed by atoms with Gasteiger partial charge >= 0.3 is 0 Å². The summed E-state index contributed by atoms with van der Waals surface area (Å²) >= 11 is 0. The highest BCUT2D eigenvalue weighted by Crippen LogP contribution is 2.32. The maximum Gasteiger partial charge on any atom is 0.175 e. The summed E-state index contributed by atoms with van der Waals surface area (Å²) in [7, 11) is -3.36. The molecular weight excluding hydrogens is 441 g/mol. The van der Waals surface area contributed by atoms with E-state index in [2.05, 4.69) is 15.7 Å². The summed E-state index contributed by atoms with van der Waals surface area (Å²) in [5.74, 6) is -2.79. The number of sulfone groups is 1. The monoisotopic (exact) mass is 463 g/mol. The maximum atomic E-state index is 14.3. The standard InChI is InChI=1S/C22H21F3N4O2S/c1-32(30,31)14-4-2-3-13(7-14)21-10-22(28-12-27-21)29-6-5-15(20(26)11-29)16-8-18(24)19(25)9-17(16)23/h2-4,7-10,12,15,20H,5-6,11,26H2,1H3/p+1/t15-,20+/m1/s1. The Bertz CT molecular complexity index is 1270. The summed E-state index contributed by atoms with van der Waals surface area (Å²) in [6.45, 7) is 0.942. The van der Waals surface area contributed by atoms with Crippen molar-refractivity contribution in [2.24, 2.45) is 0 Å². The molecule has 0 radical (unpaired) electrons. The summed E-state index contributed by atoms with van der Waals surface area (Å²) in [5.41, 5.74) is 5.44. The Hall–Kier alpha value is -2.98. The van der Waals surface area contributed by atoms with Gasteiger partial charge in [0.05, 0.1) is 17.1 Å². The van der Waals surface area contributed by atoms with Crippen LogP contribution in [0.5, 0.6) is 0 Å². The van der Waals surface area contributed by atoms with E-state index < -0.39 is 27.3 Å². The fourth-order valence-electron chi connectivity index (χ4n) is 4.04. The van der Waals surface area contributed by atoms with E-state index >= 15 is 0 Å². The van der Waals surface area contributed by atoms with E-state index in [1.807, 2.05) is 4.90 Å². The van der Waals surface area contributed by atoms with E-state index in [1.54, 1.807) is 24.3 Å². The van der Waals surface area contributed by atoms with Crippen molar-refractivity contribution < 1.29 is 27.3 Å². The first-order valence-corrected chi connectivity index (χ1v) is 11.9. The Morgan fingerprint density at radius 2 is 1.78 bits per heavy atom. The van der Waals surface area contributed by atoms with Crippen LogP contribution in [0.2, 0.25) is 0 Å². The highest BCUT2D eigenvalue weighted by molar-refractivity contribution is 7.90. The number of rotatable bonds is 4. The van der Waals surface area contributed by atoms with Gasteiger partial charge < -0.3 is 10.6 Å². The van der Waals surface area contributed by atoms with Gasteiger partial charge in [-0.25, -0.2) is 31.6 Å². The Morgan fingerprint density at radius 1 is 1.03 bits per heavy atom. The molecule has 0 aliphatic carbocycles. The Kier molecular flexibility index (Phi) is 5.91. The molecule has 10 heteroatoms. The lowest BCUT2D eigenvalue weighted by Crippen LogP contribution is -2.70. The van der Waals surface area contributed by atoms with Crippen molar-refractivity contribution >= 4 is 15.7 Å². The summed E-state index contributed by atoms with van der Waals surface area (Å²) in [6, 6.07) is 9.47. The lowest BCUT2D eigenvalue weighted by molar-refractivity contribution is -0.424. The number of piperidine rings is 1. The average molecular weight is 464 g/mol. The zero-order chi connectivity index (χ0) is 23.0. The second kappa shape index (κ2) is 8.51. The van der Waals surface area contributed by atoms with Crippen LogP contribution < -0.4 is 10.6 Å². The molecule has 1 saturated heterocycles. The maximum absolute atomic E-state index is 14.3. The van der Waals surface area contributed by atoms with Gasteiger partial charge in [-0.3, -0.25) is 0 Å². The van der Waals surface area contributed by atoms with Crippen molar-refractivity contribution in [2.75, 3.05) is 24.2 Å². The predicted octanol–water partition coefficient (Wildman–Crippen LogP) is 2.57. The molecule has 32 heavy (non-hydrogen) atoms. The normalized spacial score (nSPS) is 19.2. The molecule has 2 aromatic carbocycles. The van der Waals surface area contributed by atoms with Crippen LogP contribution in [0.3, 0.4) is 0 Å². The summed E-state index contributed by atoms with van der Waals surface area (Å²) in [5, 5.41) is 0. The molecule has 2 atom stereocenters. The first kappa shape index (κ1) is 22.2. The zero-order valence-electron chi connectivity index (χ0n) is 17.3. The number of benzene rings is 2. The minimum absolute atomic E-state index is 0.129. The molecule has 1 aliphatic rings. The molecule has 1 fully saturated rings. The van der Waals surface area contributed by atoms with Crippen LogP contribution >= 0.6 is 0 Å². The quantitative estimate of drug-likeness (QED) is 0.601. The zero-order valence-corrected chi connectivity index (χ0v) is 18.1. The predicted molar refractivity (Wildman–Crippen MR) is 113 cm³/mol. The number of hydrogen-bond acceptors (Lipinski definition) is 5. The van der Waals surface area contributed by atoms with Crippen molar-refractivity contribution in [1.29, 1.82) is 0 Å². The molecule has 0 saturated carbocycles. The van der Waals surface area contributed by atoms with Gasteiger partial charge in [0.25, 0.3) is 0 Å². The van der Waals surface area contributed by atoms with Gasteiger partial charge in [-0.1, -0.05) is 12.1 Å². The van der Waals surface area contributed by atoms with E-state index in [9.17, 15) is 21.6 Å². The third-order valence-electron chi connectivity index (χ3n) is 5.71. The van der Waals surface area contributed by atoms with Crippen molar-refractivity contribution in [3.8, 4) is 11.3 Å². The van der Waals surface area contributed by atoms with Crippen LogP contribution in [0.4, 0.5) is 19.0 Å². The molecule has 168 valence electrons. The molecule has 1 aliphatic heterocycles. The highest BCUT2D eigenvalue weighted by Gasteiger charge is 2.33. The van der Waals surface area contributed by atoms with Crippen LogP contribution in [-0.4, -0.2) is 43.8 Å². The molecule has 1 aromatic heterocycles. The topological polar surface area (TPSA) is 90.8 Å². The lowest BCUT2D eigenvalue weighted by atomic mass is 9.85. The van der Waals surface area contributed by atoms with E-state index in [0.29, 0.717) is 42.7 Å². The van der Waals surface area contributed by atoms with Gasteiger partial charge in [0.2, 0.25) is 0 Å². The summed E-state index contributed by atoms with van der Waals surface area (Å²) < 4.78 is 64.9. The van der Waals surface area contributed by atoms with Crippen molar-refractivity contribution in [3.63, 3.8) is 0 Å². The summed E-state index contributed by atoms with van der Waals surface area (Å²) in [4.78, 5) is 10.8. The first-order chi connectivity index (χ1) is 15.1. The van der Waals surface area contributed by atoms with E-state index in [-0.39, 0.29) is 22.4 Å². The van der Waals surface area contributed by atoms with Crippen LogP contribution in [0, 0.1) is 17.5 Å². The van der Waals surface area contributed by atoms with Gasteiger partial charge in [-0.2, -0.15) is 0 Å². The SMILES string of the molecule is CS(=O)(=O)c1cccc(-c2cc(N3CC[C@H](c4cc(F)c(F)cc4F)[C@@H]([NH3+])C3)ncn2)c1. The third-order valence-corrected chi connectivity index (χ3v) is 6.82. The van der Waals surface area contributed by atoms with Gasteiger partial charge in [-0.05, 0) is 24.6 Å². The molecular formula is C22H22F3N4O2S+. The number of anilines is 1. The van der Waals surface area contributed by atoms with E-state index in [0.717, 1.165) is 12.3 Å². The molecule has 6 nitrogen and oxygen atoms in total. The largest absolute Gasteiger partial charge is 0.353 e. The minimum atomic E-state index is -3.36. The van der Waals surface area contributed by atoms with Gasteiger partial charge in [0.1, 0.15) is 24.0 Å². The fraction of sp³-hybridized carbons (Fsp3) is 0.273. The smallest absolute Gasteiger partial charge is 0.175 e. The first-order valence-electron chi connectivity index (χ1n) is 9.98. The number of halogens is 3. The summed E-state index contributed by atoms with van der Waals surface area (Å²) in [6.07, 6.45) is 3.03. The van der Waals surface area contributed by atoms with Crippen molar-refractivity contribution in [2.45, 2.75) is 23.3 Å². The van der Waals surface area contributed by atoms with Crippen LogP contribution in [0.25, 0.3) is 11.3 Å². The lowest BCUT2D eigenvalue weighted by Gasteiger charge is -2.35. The Balaban J connectivity index is 1.56. The fourth-order valence-corrected chi connectivity index (χ4v) is 4.70. The Labute approximate surface area is 183 Å². The number of aromatic nitrogens is 2.